The van der Waals surface area contributed by atoms with Crippen LogP contribution in [0, 0.1) is 0 Å². The zero-order valence-electron chi connectivity index (χ0n) is 13.9. The van der Waals surface area contributed by atoms with Crippen molar-refractivity contribution in [3.05, 3.63) is 17.5 Å². The van der Waals surface area contributed by atoms with E-state index >= 15 is 0 Å². The van der Waals surface area contributed by atoms with Gasteiger partial charge in [-0.25, -0.2) is 9.59 Å². The summed E-state index contributed by atoms with van der Waals surface area (Å²) in [6.45, 7) is 6.39. The van der Waals surface area contributed by atoms with Crippen molar-refractivity contribution in [2.24, 2.45) is 0 Å². The van der Waals surface area contributed by atoms with Crippen LogP contribution in [0.5, 0.6) is 0 Å². The predicted molar refractivity (Wildman–Crippen MR) is 77.4 cm³/mol. The molecule has 7 nitrogen and oxygen atoms in total. The lowest BCUT2D eigenvalue weighted by atomic mass is 10.2. The first-order valence-corrected chi connectivity index (χ1v) is 7.22. The van der Waals surface area contributed by atoms with Gasteiger partial charge in [-0.1, -0.05) is 0 Å². The Morgan fingerprint density at radius 3 is 2.42 bits per heavy atom. The summed E-state index contributed by atoms with van der Waals surface area (Å²) in [5.41, 5.74) is -2.67. The summed E-state index contributed by atoms with van der Waals surface area (Å²) in [6.07, 6.45) is -4.54. The average molecular weight is 351 g/mol. The van der Waals surface area contributed by atoms with E-state index in [0.29, 0.717) is 0 Å². The van der Waals surface area contributed by atoms with Crippen molar-refractivity contribution in [2.75, 3.05) is 13.2 Å². The molecule has 0 saturated carbocycles. The molecule has 10 heteroatoms. The second-order valence-electron chi connectivity index (χ2n) is 5.80. The maximum Gasteiger partial charge on any atom is 0.436 e. The molecule has 1 N–H and O–H groups in total. The van der Waals surface area contributed by atoms with E-state index in [-0.39, 0.29) is 19.7 Å². The fourth-order valence-electron chi connectivity index (χ4n) is 1.69. The van der Waals surface area contributed by atoms with Crippen molar-refractivity contribution >= 4 is 12.1 Å². The first-order valence-electron chi connectivity index (χ1n) is 7.22. The number of carbonyl (C=O) groups is 2. The normalized spacial score (nSPS) is 12.0. The van der Waals surface area contributed by atoms with Crippen molar-refractivity contribution < 1.29 is 32.2 Å². The van der Waals surface area contributed by atoms with E-state index in [0.717, 1.165) is 10.9 Å². The molecule has 0 aliphatic rings. The fraction of sp³-hybridized carbons (Fsp3) is 0.643. The number of ether oxygens (including phenoxy) is 2. The van der Waals surface area contributed by atoms with E-state index < -0.39 is 35.1 Å². The summed E-state index contributed by atoms with van der Waals surface area (Å²) >= 11 is 0. The molecule has 136 valence electrons. The number of esters is 1. The van der Waals surface area contributed by atoms with E-state index in [2.05, 4.69) is 15.2 Å². The number of carbonyl (C=O) groups excluding carboxylic acids is 2. The van der Waals surface area contributed by atoms with E-state index in [4.69, 9.17) is 4.74 Å². The Bertz CT molecular complexity index is 591. The van der Waals surface area contributed by atoms with E-state index in [1.165, 1.54) is 6.92 Å². The average Bonchev–Trinajstić information content (AvgIpc) is 2.81. The van der Waals surface area contributed by atoms with Gasteiger partial charge in [-0.3, -0.25) is 4.68 Å². The van der Waals surface area contributed by atoms with Gasteiger partial charge in [0.25, 0.3) is 0 Å². The van der Waals surface area contributed by atoms with Crippen LogP contribution in [-0.2, 0) is 22.2 Å². The smallest absolute Gasteiger partial charge is 0.436 e. The number of halogens is 3. The van der Waals surface area contributed by atoms with Crippen LogP contribution in [0.2, 0.25) is 0 Å². The molecule has 1 amide bonds. The third-order valence-corrected chi connectivity index (χ3v) is 2.53. The lowest BCUT2D eigenvalue weighted by molar-refractivity contribution is -0.142. The summed E-state index contributed by atoms with van der Waals surface area (Å²) in [4.78, 5) is 23.1. The van der Waals surface area contributed by atoms with Gasteiger partial charge in [-0.05, 0) is 27.7 Å². The summed E-state index contributed by atoms with van der Waals surface area (Å²) in [5.74, 6) is -1.10. The molecule has 0 saturated heterocycles. The molecule has 0 spiro atoms. The first-order chi connectivity index (χ1) is 10.9. The number of alkyl halides is 3. The predicted octanol–water partition coefficient (Wildman–Crippen LogP) is 2.60. The maximum absolute atomic E-state index is 12.9. The summed E-state index contributed by atoms with van der Waals surface area (Å²) < 4.78 is 49.3. The second kappa shape index (κ2) is 7.54. The second-order valence-corrected chi connectivity index (χ2v) is 5.80. The first kappa shape index (κ1) is 19.8. The van der Waals surface area contributed by atoms with Crippen LogP contribution >= 0.6 is 0 Å². The number of amides is 1. The summed E-state index contributed by atoms with van der Waals surface area (Å²) in [6, 6.07) is 0. The van der Waals surface area contributed by atoms with Crippen LogP contribution in [0.25, 0.3) is 0 Å². The molecule has 0 aromatic carbocycles. The molecule has 1 heterocycles. The lowest BCUT2D eigenvalue weighted by Gasteiger charge is -2.19. The number of nitrogens with one attached hydrogen (secondary N) is 1. The highest BCUT2D eigenvalue weighted by atomic mass is 19.4. The van der Waals surface area contributed by atoms with Crippen molar-refractivity contribution in [1.29, 1.82) is 0 Å². The molecule has 0 fully saturated rings. The quantitative estimate of drug-likeness (QED) is 0.825. The Morgan fingerprint density at radius 1 is 1.29 bits per heavy atom. The molecule has 0 radical (unpaired) electrons. The third kappa shape index (κ3) is 6.09. The van der Waals surface area contributed by atoms with Crippen molar-refractivity contribution in [3.8, 4) is 0 Å². The molecular formula is C14H20F3N3O4. The number of alkyl carbamates (subject to hydrolysis) is 1. The Morgan fingerprint density at radius 2 is 1.92 bits per heavy atom. The zero-order valence-corrected chi connectivity index (χ0v) is 13.9. The molecule has 0 unspecified atom stereocenters. The maximum atomic E-state index is 12.9. The van der Waals surface area contributed by atoms with Gasteiger partial charge in [0.1, 0.15) is 11.2 Å². The standard InChI is InChI=1S/C14H20F3N3O4/c1-5-23-11(21)9-8-20(19-10(9)14(15,16)17)7-6-18-12(22)24-13(2,3)4/h8H,5-7H2,1-4H3,(H,18,22). The van der Waals surface area contributed by atoms with Crippen LogP contribution in [-0.4, -0.2) is 40.6 Å². The largest absolute Gasteiger partial charge is 0.462 e. The minimum Gasteiger partial charge on any atom is -0.462 e. The van der Waals surface area contributed by atoms with Gasteiger partial charge >= 0.3 is 18.2 Å². The van der Waals surface area contributed by atoms with Crippen molar-refractivity contribution in [2.45, 2.75) is 46.0 Å². The van der Waals surface area contributed by atoms with Gasteiger partial charge in [0, 0.05) is 12.7 Å². The molecular weight excluding hydrogens is 331 g/mol. The lowest BCUT2D eigenvalue weighted by Crippen LogP contribution is -2.34. The Balaban J connectivity index is 2.76. The molecule has 0 aliphatic carbocycles. The summed E-state index contributed by atoms with van der Waals surface area (Å²) in [7, 11) is 0. The highest BCUT2D eigenvalue weighted by molar-refractivity contribution is 5.90. The molecule has 0 bridgehead atoms. The fourth-order valence-corrected chi connectivity index (χ4v) is 1.69. The van der Waals surface area contributed by atoms with Gasteiger partial charge in [0.15, 0.2) is 5.69 Å². The summed E-state index contributed by atoms with van der Waals surface area (Å²) in [5, 5.41) is 5.75. The van der Waals surface area contributed by atoms with E-state index in [9.17, 15) is 22.8 Å². The molecule has 24 heavy (non-hydrogen) atoms. The van der Waals surface area contributed by atoms with Crippen LogP contribution in [0.3, 0.4) is 0 Å². The Kier molecular flexibility index (Phi) is 6.22. The van der Waals surface area contributed by atoms with Crippen molar-refractivity contribution in [3.63, 3.8) is 0 Å². The molecule has 0 aliphatic heterocycles. The third-order valence-electron chi connectivity index (χ3n) is 2.53. The highest BCUT2D eigenvalue weighted by Crippen LogP contribution is 2.31. The van der Waals surface area contributed by atoms with Crippen LogP contribution in [0.1, 0.15) is 43.7 Å². The number of aromatic nitrogens is 2. The minimum absolute atomic E-state index is 0.0177. The molecule has 0 atom stereocenters. The molecule has 1 aromatic rings. The number of nitrogens with zero attached hydrogens (tertiary/aromatic N) is 2. The van der Waals surface area contributed by atoms with Gasteiger partial charge in [-0.15, -0.1) is 0 Å². The minimum atomic E-state index is -4.79. The van der Waals surface area contributed by atoms with E-state index in [1.807, 2.05) is 0 Å². The monoisotopic (exact) mass is 351 g/mol. The van der Waals surface area contributed by atoms with Crippen molar-refractivity contribution in [1.82, 2.24) is 15.1 Å². The highest BCUT2D eigenvalue weighted by Gasteiger charge is 2.39. The topological polar surface area (TPSA) is 82.5 Å². The Hall–Kier alpha value is -2.26. The van der Waals surface area contributed by atoms with Gasteiger partial charge in [0.2, 0.25) is 0 Å². The molecule has 1 aromatic heterocycles. The number of hydrogen-bond acceptors (Lipinski definition) is 5. The van der Waals surface area contributed by atoms with Gasteiger partial charge in [-0.2, -0.15) is 18.3 Å². The van der Waals surface area contributed by atoms with Gasteiger partial charge < -0.3 is 14.8 Å². The SMILES string of the molecule is CCOC(=O)c1cn(CCNC(=O)OC(C)(C)C)nc1C(F)(F)F. The van der Waals surface area contributed by atoms with Gasteiger partial charge in [0.05, 0.1) is 13.2 Å². The Labute approximate surface area is 137 Å². The van der Waals surface area contributed by atoms with Crippen LogP contribution < -0.4 is 5.32 Å². The number of hydrogen-bond donors (Lipinski definition) is 1. The van der Waals surface area contributed by atoms with Crippen LogP contribution in [0.15, 0.2) is 6.20 Å². The zero-order chi connectivity index (χ0) is 18.5. The van der Waals surface area contributed by atoms with E-state index in [1.54, 1.807) is 20.8 Å². The van der Waals surface area contributed by atoms with Crippen LogP contribution in [0.4, 0.5) is 18.0 Å². The number of rotatable bonds is 5. The molecule has 1 rings (SSSR count).